The topological polar surface area (TPSA) is 64.6 Å². The van der Waals surface area contributed by atoms with Crippen LogP contribution in [0, 0.1) is 0 Å². The van der Waals surface area contributed by atoms with E-state index >= 15 is 0 Å². The lowest BCUT2D eigenvalue weighted by Crippen LogP contribution is -2.35. The van der Waals surface area contributed by atoms with E-state index in [1.165, 1.54) is 0 Å². The van der Waals surface area contributed by atoms with Crippen LogP contribution in [-0.2, 0) is 25.7 Å². The number of rotatable bonds is 8. The van der Waals surface area contributed by atoms with Crippen LogP contribution in [0.4, 0.5) is 5.69 Å². The molecule has 0 fully saturated rings. The summed E-state index contributed by atoms with van der Waals surface area (Å²) in [6.07, 6.45) is 0.281. The summed E-state index contributed by atoms with van der Waals surface area (Å²) in [7, 11) is 0. The minimum Gasteiger partial charge on any atom is -0.461 e. The van der Waals surface area contributed by atoms with Crippen molar-refractivity contribution in [3.05, 3.63) is 77.3 Å². The molecule has 0 saturated carbocycles. The molecule has 0 aliphatic rings. The lowest BCUT2D eigenvalue weighted by Gasteiger charge is -2.25. The zero-order chi connectivity index (χ0) is 25.6. The molecule has 35 heavy (non-hydrogen) atoms. The summed E-state index contributed by atoms with van der Waals surface area (Å²) in [5.74, 6) is -0.680. The van der Waals surface area contributed by atoms with Gasteiger partial charge >= 0.3 is 11.9 Å². The van der Waals surface area contributed by atoms with Crippen LogP contribution >= 0.6 is 11.6 Å². The van der Waals surface area contributed by atoms with Crippen molar-refractivity contribution in [3.8, 4) is 22.3 Å². The maximum atomic E-state index is 12.7. The van der Waals surface area contributed by atoms with Crippen LogP contribution in [0.25, 0.3) is 22.3 Å². The smallest absolute Gasteiger partial charge is 0.328 e. The number of esters is 2. The molecule has 0 radical (unpaired) electrons. The number of carbonyl (C=O) groups excluding carboxylic acids is 2. The first-order valence-corrected chi connectivity index (χ1v) is 12.1. The number of halogens is 1. The zero-order valence-electron chi connectivity index (χ0n) is 20.9. The molecule has 5 nitrogen and oxygen atoms in total. The van der Waals surface area contributed by atoms with E-state index in [4.69, 9.17) is 21.1 Å². The van der Waals surface area contributed by atoms with E-state index in [9.17, 15) is 9.59 Å². The Morgan fingerprint density at radius 1 is 0.943 bits per heavy atom. The van der Waals surface area contributed by atoms with Gasteiger partial charge < -0.3 is 14.8 Å². The second-order valence-corrected chi connectivity index (χ2v) is 9.72. The van der Waals surface area contributed by atoms with Gasteiger partial charge in [0.05, 0.1) is 0 Å². The minimum atomic E-state index is -0.640. The van der Waals surface area contributed by atoms with Gasteiger partial charge in [0.25, 0.3) is 0 Å². The number of carbonyl (C=O) groups is 2. The van der Waals surface area contributed by atoms with Gasteiger partial charge in [-0.3, -0.25) is 4.79 Å². The predicted octanol–water partition coefficient (Wildman–Crippen LogP) is 7.27. The van der Waals surface area contributed by atoms with Crippen molar-refractivity contribution in [2.24, 2.45) is 0 Å². The lowest BCUT2D eigenvalue weighted by molar-refractivity contribution is -0.155. The van der Waals surface area contributed by atoms with Crippen LogP contribution in [0.2, 0.25) is 5.02 Å². The summed E-state index contributed by atoms with van der Waals surface area (Å²) in [4.78, 5) is 24.5. The number of nitrogens with one attached hydrogen (secondary N) is 1. The van der Waals surface area contributed by atoms with Gasteiger partial charge in [0.1, 0.15) is 18.2 Å². The Morgan fingerprint density at radius 2 is 1.66 bits per heavy atom. The first kappa shape index (κ1) is 26.3. The molecule has 0 spiro atoms. The van der Waals surface area contributed by atoms with E-state index in [0.717, 1.165) is 27.8 Å². The van der Waals surface area contributed by atoms with Gasteiger partial charge in [-0.2, -0.15) is 0 Å². The molecular formula is C29H32ClNO4. The molecule has 0 aromatic heterocycles. The maximum Gasteiger partial charge on any atom is 0.328 e. The Balaban J connectivity index is 2.02. The summed E-state index contributed by atoms with van der Waals surface area (Å²) in [6, 6.07) is 20.9. The molecule has 6 heteroatoms. The van der Waals surface area contributed by atoms with Crippen LogP contribution in [0.3, 0.4) is 0 Å². The quantitative estimate of drug-likeness (QED) is 0.334. The molecule has 0 heterocycles. The number of hydrogen-bond acceptors (Lipinski definition) is 5. The third-order valence-corrected chi connectivity index (χ3v) is 5.63. The lowest BCUT2D eigenvalue weighted by atomic mass is 9.96. The number of hydrogen-bond donors (Lipinski definition) is 1. The van der Waals surface area contributed by atoms with Crippen LogP contribution in [0.15, 0.2) is 66.7 Å². The summed E-state index contributed by atoms with van der Waals surface area (Å²) < 4.78 is 11.0. The van der Waals surface area contributed by atoms with E-state index in [2.05, 4.69) is 5.32 Å². The number of anilines is 1. The number of ether oxygens (including phenoxy) is 2. The Labute approximate surface area is 212 Å². The molecule has 184 valence electrons. The first-order chi connectivity index (χ1) is 16.6. The van der Waals surface area contributed by atoms with Crippen molar-refractivity contribution in [2.75, 3.05) is 5.32 Å². The van der Waals surface area contributed by atoms with Crippen molar-refractivity contribution < 1.29 is 19.1 Å². The highest BCUT2D eigenvalue weighted by Gasteiger charge is 2.24. The third kappa shape index (κ3) is 7.09. The normalized spacial score (nSPS) is 12.1. The molecular weight excluding hydrogens is 462 g/mol. The summed E-state index contributed by atoms with van der Waals surface area (Å²) in [5, 5.41) is 3.86. The molecule has 3 aromatic carbocycles. The van der Waals surface area contributed by atoms with Gasteiger partial charge in [0.2, 0.25) is 0 Å². The summed E-state index contributed by atoms with van der Waals surface area (Å²) in [6.45, 7) is 9.05. The third-order valence-electron chi connectivity index (χ3n) is 5.32. The van der Waals surface area contributed by atoms with Crippen LogP contribution < -0.4 is 5.32 Å². The monoisotopic (exact) mass is 493 g/mol. The molecule has 0 unspecified atom stereocenters. The van der Waals surface area contributed by atoms with Gasteiger partial charge in [0, 0.05) is 33.8 Å². The fourth-order valence-corrected chi connectivity index (χ4v) is 3.87. The van der Waals surface area contributed by atoms with Gasteiger partial charge in [-0.25, -0.2) is 4.79 Å². The Hall–Kier alpha value is -3.31. The van der Waals surface area contributed by atoms with Gasteiger partial charge in [-0.15, -0.1) is 0 Å². The Morgan fingerprint density at radius 3 is 2.29 bits per heavy atom. The van der Waals surface area contributed by atoms with Gasteiger partial charge in [-0.05, 0) is 44.9 Å². The van der Waals surface area contributed by atoms with Crippen LogP contribution in [-0.4, -0.2) is 23.6 Å². The van der Waals surface area contributed by atoms with E-state index in [1.54, 1.807) is 13.8 Å². The number of para-hydroxylation sites is 1. The second-order valence-electron chi connectivity index (χ2n) is 9.31. The van der Waals surface area contributed by atoms with Crippen molar-refractivity contribution in [2.45, 2.75) is 59.3 Å². The van der Waals surface area contributed by atoms with Crippen LogP contribution in [0.5, 0.6) is 0 Å². The SMILES string of the molecule is CCC(=O)OCc1cccc(-c2ccc(-c3ccccc3)cc2Cl)c1N[C@@H](C)C(=O)OC(C)(C)C. The highest BCUT2D eigenvalue weighted by atomic mass is 35.5. The Bertz CT molecular complexity index is 1190. The molecule has 0 aliphatic heterocycles. The standard InChI is InChI=1S/C29H32ClNO4/c1-6-26(32)34-18-22-13-10-14-24(27(22)31-19(2)28(33)35-29(3,4)5)23-16-15-21(17-25(23)30)20-11-8-7-9-12-20/h7-17,19,31H,6,18H2,1-5H3/t19-/m0/s1. The molecule has 3 rings (SSSR count). The number of benzene rings is 3. The molecule has 0 amide bonds. The zero-order valence-corrected chi connectivity index (χ0v) is 21.6. The van der Waals surface area contributed by atoms with E-state index < -0.39 is 11.6 Å². The van der Waals surface area contributed by atoms with Gasteiger partial charge in [0.15, 0.2) is 0 Å². The van der Waals surface area contributed by atoms with Crippen molar-refractivity contribution in [3.63, 3.8) is 0 Å². The highest BCUT2D eigenvalue weighted by Crippen LogP contribution is 2.38. The molecule has 0 bridgehead atoms. The molecule has 0 aliphatic carbocycles. The molecule has 1 N–H and O–H groups in total. The molecule has 1 atom stereocenters. The van der Waals surface area contributed by atoms with Crippen molar-refractivity contribution >= 4 is 29.2 Å². The largest absolute Gasteiger partial charge is 0.461 e. The van der Waals surface area contributed by atoms with Crippen molar-refractivity contribution in [1.29, 1.82) is 0 Å². The van der Waals surface area contributed by atoms with Crippen molar-refractivity contribution in [1.82, 2.24) is 0 Å². The first-order valence-electron chi connectivity index (χ1n) is 11.7. The highest BCUT2D eigenvalue weighted by molar-refractivity contribution is 6.33. The molecule has 0 saturated heterocycles. The summed E-state index contributed by atoms with van der Waals surface area (Å²) >= 11 is 6.77. The van der Waals surface area contributed by atoms with Crippen LogP contribution in [0.1, 0.15) is 46.6 Å². The predicted molar refractivity (Wildman–Crippen MR) is 141 cm³/mol. The van der Waals surface area contributed by atoms with E-state index in [-0.39, 0.29) is 25.0 Å². The molecule has 3 aromatic rings. The van der Waals surface area contributed by atoms with E-state index in [0.29, 0.717) is 10.7 Å². The summed E-state index contributed by atoms with van der Waals surface area (Å²) in [5.41, 5.74) is 4.47. The van der Waals surface area contributed by atoms with Gasteiger partial charge in [-0.1, -0.05) is 79.2 Å². The Kier molecular flexibility index (Phi) is 8.57. The van der Waals surface area contributed by atoms with E-state index in [1.807, 2.05) is 87.5 Å². The minimum absolute atomic E-state index is 0.0730. The fraction of sp³-hybridized carbons (Fsp3) is 0.310. The second kappa shape index (κ2) is 11.4. The average Bonchev–Trinajstić information content (AvgIpc) is 2.82. The maximum absolute atomic E-state index is 12.7. The fourth-order valence-electron chi connectivity index (χ4n) is 3.58. The average molecular weight is 494 g/mol.